The second kappa shape index (κ2) is 7.10. The molecule has 7 heteroatoms. The number of rotatable bonds is 5. The summed E-state index contributed by atoms with van der Waals surface area (Å²) in [4.78, 5) is 28.2. The van der Waals surface area contributed by atoms with Gasteiger partial charge in [-0.1, -0.05) is 23.7 Å². The predicted molar refractivity (Wildman–Crippen MR) is 90.7 cm³/mol. The van der Waals surface area contributed by atoms with Gasteiger partial charge in [0.25, 0.3) is 0 Å². The van der Waals surface area contributed by atoms with Crippen molar-refractivity contribution in [2.75, 3.05) is 0 Å². The number of benzene rings is 1. The number of nitrogens with one attached hydrogen (secondary N) is 1. The summed E-state index contributed by atoms with van der Waals surface area (Å²) in [6.45, 7) is 5.05. The van der Waals surface area contributed by atoms with E-state index in [0.717, 1.165) is 21.1 Å². The third kappa shape index (κ3) is 4.09. The van der Waals surface area contributed by atoms with Crippen molar-refractivity contribution in [2.24, 2.45) is 5.92 Å². The third-order valence-corrected chi connectivity index (χ3v) is 5.08. The molecule has 2 unspecified atom stereocenters. The van der Waals surface area contributed by atoms with Gasteiger partial charge in [-0.15, -0.1) is 11.3 Å². The topological polar surface area (TPSA) is 79.3 Å². The van der Waals surface area contributed by atoms with Crippen molar-refractivity contribution in [1.29, 1.82) is 0 Å². The van der Waals surface area contributed by atoms with Gasteiger partial charge in [-0.3, -0.25) is 9.59 Å². The predicted octanol–water partition coefficient (Wildman–Crippen LogP) is 3.67. The van der Waals surface area contributed by atoms with Crippen molar-refractivity contribution in [3.63, 3.8) is 0 Å². The number of hydrogen-bond acceptors (Lipinski definition) is 4. The van der Waals surface area contributed by atoms with E-state index in [1.807, 2.05) is 26.0 Å². The Balaban J connectivity index is 2.19. The van der Waals surface area contributed by atoms with Crippen LogP contribution in [0.3, 0.4) is 0 Å². The number of amides is 1. The molecule has 0 aliphatic heterocycles. The van der Waals surface area contributed by atoms with Crippen molar-refractivity contribution >= 4 is 34.8 Å². The standard InChI is InChI=1S/C16H17ClN2O3S/c1-8(16(21)22)14(20)18-9(2)13-10(3)19-15(23-13)11-4-6-12(17)7-5-11/h4-9H,1-3H3,(H,18,20)(H,21,22). The molecule has 5 nitrogen and oxygen atoms in total. The lowest BCUT2D eigenvalue weighted by Gasteiger charge is -2.14. The minimum atomic E-state index is -1.14. The van der Waals surface area contributed by atoms with E-state index in [-0.39, 0.29) is 6.04 Å². The van der Waals surface area contributed by atoms with Gasteiger partial charge in [0.15, 0.2) is 0 Å². The van der Waals surface area contributed by atoms with E-state index in [9.17, 15) is 9.59 Å². The van der Waals surface area contributed by atoms with Crippen molar-refractivity contribution in [3.05, 3.63) is 39.9 Å². The Bertz CT molecular complexity index is 727. The summed E-state index contributed by atoms with van der Waals surface area (Å²) < 4.78 is 0. The first kappa shape index (κ1) is 17.4. The molecule has 0 aliphatic carbocycles. The SMILES string of the molecule is Cc1nc(-c2ccc(Cl)cc2)sc1C(C)NC(=O)C(C)C(=O)O. The highest BCUT2D eigenvalue weighted by Gasteiger charge is 2.24. The maximum Gasteiger partial charge on any atom is 0.315 e. The molecule has 0 saturated heterocycles. The first-order valence-electron chi connectivity index (χ1n) is 7.06. The zero-order chi connectivity index (χ0) is 17.1. The molecule has 0 radical (unpaired) electrons. The van der Waals surface area contributed by atoms with Gasteiger partial charge in [-0.25, -0.2) is 4.98 Å². The van der Waals surface area contributed by atoms with Crippen LogP contribution in [0.2, 0.25) is 5.02 Å². The van der Waals surface area contributed by atoms with E-state index >= 15 is 0 Å². The lowest BCUT2D eigenvalue weighted by Crippen LogP contribution is -2.35. The van der Waals surface area contributed by atoms with Crippen LogP contribution in [0.15, 0.2) is 24.3 Å². The molecule has 2 atom stereocenters. The van der Waals surface area contributed by atoms with Gasteiger partial charge in [-0.05, 0) is 32.9 Å². The summed E-state index contributed by atoms with van der Waals surface area (Å²) in [6.07, 6.45) is 0. The van der Waals surface area contributed by atoms with Gasteiger partial charge in [0.05, 0.1) is 16.6 Å². The zero-order valence-corrected chi connectivity index (χ0v) is 14.5. The van der Waals surface area contributed by atoms with E-state index in [1.54, 1.807) is 12.1 Å². The molecule has 23 heavy (non-hydrogen) atoms. The fraction of sp³-hybridized carbons (Fsp3) is 0.312. The van der Waals surface area contributed by atoms with Crippen LogP contribution in [0.4, 0.5) is 0 Å². The van der Waals surface area contributed by atoms with Crippen molar-refractivity contribution < 1.29 is 14.7 Å². The number of aromatic nitrogens is 1. The Kier molecular flexibility index (Phi) is 5.38. The van der Waals surface area contributed by atoms with Crippen molar-refractivity contribution in [2.45, 2.75) is 26.8 Å². The van der Waals surface area contributed by atoms with Crippen LogP contribution in [0, 0.1) is 12.8 Å². The van der Waals surface area contributed by atoms with Crippen LogP contribution < -0.4 is 5.32 Å². The van der Waals surface area contributed by atoms with Gasteiger partial charge >= 0.3 is 5.97 Å². The van der Waals surface area contributed by atoms with E-state index in [0.29, 0.717) is 5.02 Å². The highest BCUT2D eigenvalue weighted by Crippen LogP contribution is 2.32. The maximum absolute atomic E-state index is 11.9. The summed E-state index contributed by atoms with van der Waals surface area (Å²) in [5.74, 6) is -2.73. The number of carbonyl (C=O) groups excluding carboxylic acids is 1. The van der Waals surface area contributed by atoms with E-state index in [4.69, 9.17) is 16.7 Å². The Morgan fingerprint density at radius 2 is 1.87 bits per heavy atom. The summed E-state index contributed by atoms with van der Waals surface area (Å²) in [6, 6.07) is 7.07. The number of nitrogens with zero attached hydrogens (tertiary/aromatic N) is 1. The molecule has 1 aromatic heterocycles. The van der Waals surface area contributed by atoms with Crippen LogP contribution in [-0.4, -0.2) is 22.0 Å². The van der Waals surface area contributed by atoms with Gasteiger partial charge in [0.2, 0.25) is 5.91 Å². The quantitative estimate of drug-likeness (QED) is 0.804. The van der Waals surface area contributed by atoms with Crippen LogP contribution in [-0.2, 0) is 9.59 Å². The van der Waals surface area contributed by atoms with E-state index < -0.39 is 17.8 Å². The highest BCUT2D eigenvalue weighted by atomic mass is 35.5. The number of carboxylic acids is 1. The molecule has 0 spiro atoms. The third-order valence-electron chi connectivity index (χ3n) is 3.44. The number of aliphatic carboxylic acids is 1. The number of halogens is 1. The second-order valence-electron chi connectivity index (χ2n) is 5.27. The van der Waals surface area contributed by atoms with Crippen LogP contribution in [0.1, 0.15) is 30.5 Å². The Hall–Kier alpha value is -1.92. The molecule has 2 rings (SSSR count). The number of hydrogen-bond donors (Lipinski definition) is 2. The molecule has 0 aliphatic rings. The fourth-order valence-corrected chi connectivity index (χ4v) is 3.24. The first-order chi connectivity index (χ1) is 10.8. The molecule has 0 bridgehead atoms. The van der Waals surface area contributed by atoms with E-state index in [2.05, 4.69) is 10.3 Å². The number of carboxylic acid groups (broad SMARTS) is 1. The number of carbonyl (C=O) groups is 2. The number of aryl methyl sites for hydroxylation is 1. The molecule has 2 N–H and O–H groups in total. The Morgan fingerprint density at radius 3 is 2.43 bits per heavy atom. The molecule has 2 aromatic rings. The monoisotopic (exact) mass is 352 g/mol. The fourth-order valence-electron chi connectivity index (χ4n) is 2.04. The van der Waals surface area contributed by atoms with E-state index in [1.165, 1.54) is 18.3 Å². The van der Waals surface area contributed by atoms with Crippen LogP contribution in [0.5, 0.6) is 0 Å². The van der Waals surface area contributed by atoms with Crippen LogP contribution >= 0.6 is 22.9 Å². The lowest BCUT2D eigenvalue weighted by molar-refractivity contribution is -0.146. The van der Waals surface area contributed by atoms with Gasteiger partial charge < -0.3 is 10.4 Å². The molecule has 1 heterocycles. The Labute approximate surface area is 143 Å². The van der Waals surface area contributed by atoms with Gasteiger partial charge in [0, 0.05) is 10.6 Å². The molecule has 122 valence electrons. The molecule has 1 aromatic carbocycles. The smallest absolute Gasteiger partial charge is 0.315 e. The average molecular weight is 353 g/mol. The van der Waals surface area contributed by atoms with Gasteiger partial charge in [-0.2, -0.15) is 0 Å². The van der Waals surface area contributed by atoms with Crippen molar-refractivity contribution in [1.82, 2.24) is 10.3 Å². The molecule has 0 fully saturated rings. The first-order valence-corrected chi connectivity index (χ1v) is 8.25. The normalized spacial score (nSPS) is 13.4. The second-order valence-corrected chi connectivity index (χ2v) is 6.73. The minimum Gasteiger partial charge on any atom is -0.481 e. The van der Waals surface area contributed by atoms with Crippen molar-refractivity contribution in [3.8, 4) is 10.6 Å². The Morgan fingerprint density at radius 1 is 1.26 bits per heavy atom. The summed E-state index contributed by atoms with van der Waals surface area (Å²) in [5, 5.41) is 13.1. The highest BCUT2D eigenvalue weighted by molar-refractivity contribution is 7.15. The van der Waals surface area contributed by atoms with Gasteiger partial charge in [0.1, 0.15) is 10.9 Å². The maximum atomic E-state index is 11.9. The molecular formula is C16H17ClN2O3S. The molecule has 1 amide bonds. The summed E-state index contributed by atoms with van der Waals surface area (Å²) in [7, 11) is 0. The zero-order valence-electron chi connectivity index (χ0n) is 13.0. The largest absolute Gasteiger partial charge is 0.481 e. The molecular weight excluding hydrogens is 336 g/mol. The minimum absolute atomic E-state index is 0.303. The summed E-state index contributed by atoms with van der Waals surface area (Å²) >= 11 is 7.36. The average Bonchev–Trinajstić information content (AvgIpc) is 2.89. The summed E-state index contributed by atoms with van der Waals surface area (Å²) in [5.41, 5.74) is 1.77. The lowest BCUT2D eigenvalue weighted by atomic mass is 10.1. The van der Waals surface area contributed by atoms with Crippen LogP contribution in [0.25, 0.3) is 10.6 Å². The number of thiazole rings is 1. The molecule has 0 saturated carbocycles.